The van der Waals surface area contributed by atoms with Crippen LogP contribution >= 0.6 is 0 Å². The molecule has 0 atom stereocenters. The molecule has 0 N–H and O–H groups in total. The van der Waals surface area contributed by atoms with E-state index in [0.29, 0.717) is 17.5 Å². The van der Waals surface area contributed by atoms with Gasteiger partial charge in [0.15, 0.2) is 17.5 Å². The number of hydrogen-bond donors (Lipinski definition) is 0. The van der Waals surface area contributed by atoms with E-state index in [4.69, 9.17) is 19.9 Å². The van der Waals surface area contributed by atoms with Crippen molar-refractivity contribution >= 4 is 43.6 Å². The van der Waals surface area contributed by atoms with Crippen LogP contribution in [0.1, 0.15) is 0 Å². The molecule has 262 valence electrons. The van der Waals surface area contributed by atoms with Crippen LogP contribution in [0.15, 0.2) is 194 Å². The van der Waals surface area contributed by atoms with Crippen LogP contribution in [0.4, 0.5) is 0 Å². The molecule has 0 saturated heterocycles. The number of hydrogen-bond acceptors (Lipinski definition) is 4. The van der Waals surface area contributed by atoms with Crippen LogP contribution in [0, 0.1) is 0 Å². The van der Waals surface area contributed by atoms with E-state index in [1.54, 1.807) is 0 Å². The van der Waals surface area contributed by atoms with Crippen molar-refractivity contribution in [1.29, 1.82) is 0 Å². The van der Waals surface area contributed by atoms with Gasteiger partial charge in [0.1, 0.15) is 5.82 Å². The summed E-state index contributed by atoms with van der Waals surface area (Å²) in [6, 6.07) is 67.4. The van der Waals surface area contributed by atoms with Gasteiger partial charge in [0, 0.05) is 49.8 Å². The zero-order chi connectivity index (χ0) is 37.0. The van der Waals surface area contributed by atoms with Crippen molar-refractivity contribution in [3.8, 4) is 56.9 Å². The summed E-state index contributed by atoms with van der Waals surface area (Å²) in [4.78, 5) is 20.2. The van der Waals surface area contributed by atoms with E-state index < -0.39 is 0 Å². The second-order valence-corrected chi connectivity index (χ2v) is 13.9. The Kier molecular flexibility index (Phi) is 7.38. The number of para-hydroxylation sites is 2. The fourth-order valence-electron chi connectivity index (χ4n) is 7.96. The van der Waals surface area contributed by atoms with Crippen molar-refractivity contribution in [3.63, 3.8) is 0 Å². The highest BCUT2D eigenvalue weighted by Crippen LogP contribution is 2.39. The van der Waals surface area contributed by atoms with Crippen molar-refractivity contribution in [1.82, 2.24) is 29.1 Å². The van der Waals surface area contributed by atoms with Gasteiger partial charge in [-0.1, -0.05) is 146 Å². The van der Waals surface area contributed by atoms with E-state index in [1.807, 2.05) is 66.7 Å². The van der Waals surface area contributed by atoms with Crippen LogP contribution < -0.4 is 0 Å². The van der Waals surface area contributed by atoms with Gasteiger partial charge in [0.25, 0.3) is 0 Å². The van der Waals surface area contributed by atoms with E-state index in [0.717, 1.165) is 72.3 Å². The Hall–Kier alpha value is -7.70. The minimum absolute atomic E-state index is 0.622. The average Bonchev–Trinajstić information content (AvgIpc) is 3.83. The molecule has 0 saturated carbocycles. The monoisotopic (exact) mass is 716 g/mol. The lowest BCUT2D eigenvalue weighted by Crippen LogP contribution is -2.01. The van der Waals surface area contributed by atoms with E-state index >= 15 is 0 Å². The van der Waals surface area contributed by atoms with Crippen LogP contribution in [-0.4, -0.2) is 29.1 Å². The minimum atomic E-state index is 0.622. The lowest BCUT2D eigenvalue weighted by molar-refractivity contribution is 1.07. The predicted octanol–water partition coefficient (Wildman–Crippen LogP) is 12.1. The highest BCUT2D eigenvalue weighted by atomic mass is 15.1. The van der Waals surface area contributed by atoms with Crippen molar-refractivity contribution in [2.75, 3.05) is 0 Å². The molecule has 11 rings (SSSR count). The molecular weight excluding hydrogens is 685 g/mol. The smallest absolute Gasteiger partial charge is 0.164 e. The zero-order valence-electron chi connectivity index (χ0n) is 30.2. The number of fused-ring (bicyclic) bond motifs is 6. The van der Waals surface area contributed by atoms with Gasteiger partial charge in [-0.15, -0.1) is 0 Å². The number of imidazole rings is 1. The number of nitrogens with zero attached hydrogens (tertiary/aromatic N) is 6. The number of benzene rings is 8. The molecule has 0 aliphatic carbocycles. The second kappa shape index (κ2) is 13.0. The van der Waals surface area contributed by atoms with Gasteiger partial charge in [-0.3, -0.25) is 4.57 Å². The molecule has 6 heteroatoms. The minimum Gasteiger partial charge on any atom is -0.309 e. The topological polar surface area (TPSA) is 61.4 Å². The third-order valence-corrected chi connectivity index (χ3v) is 10.5. The lowest BCUT2D eigenvalue weighted by Gasteiger charge is -2.13. The summed E-state index contributed by atoms with van der Waals surface area (Å²) in [5.41, 5.74) is 10.3. The molecule has 0 bridgehead atoms. The molecule has 0 unspecified atom stereocenters. The maximum Gasteiger partial charge on any atom is 0.164 e. The summed E-state index contributed by atoms with van der Waals surface area (Å²) in [5.74, 6) is 2.82. The highest BCUT2D eigenvalue weighted by molar-refractivity contribution is 6.18. The SMILES string of the molecule is c1ccc(-c2nc(-c3ccccc3)nc(-c3cccc(-n4c5ccccc5c5cc6c(ccc7nc(-c8ccccc8)n(-c8ccccc8)c76)cc54)c3)n2)cc1. The average molecular weight is 717 g/mol. The summed E-state index contributed by atoms with van der Waals surface area (Å²) in [6.07, 6.45) is 0. The second-order valence-electron chi connectivity index (χ2n) is 13.9. The fraction of sp³-hybridized carbons (Fsp3) is 0. The number of rotatable bonds is 6. The van der Waals surface area contributed by atoms with Crippen LogP contribution in [0.25, 0.3) is 101 Å². The Morgan fingerprint density at radius 1 is 0.321 bits per heavy atom. The first kappa shape index (κ1) is 31.8. The number of aromatic nitrogens is 6. The molecule has 0 spiro atoms. The van der Waals surface area contributed by atoms with E-state index in [-0.39, 0.29) is 0 Å². The standard InChI is InChI=1S/C50H32N6/c1-5-16-33(17-6-1)47-52-48(34-18-7-2-8-19-34)54-49(53-47)37-22-15-25-39(30-37)55-44-27-14-13-26-40(44)42-32-41-36(31-45(42)55)28-29-43-46(41)56(38-23-11-4-12-24-38)50(51-43)35-20-9-3-10-21-35/h1-32H. The van der Waals surface area contributed by atoms with E-state index in [9.17, 15) is 0 Å². The van der Waals surface area contributed by atoms with E-state index in [1.165, 1.54) is 10.8 Å². The Morgan fingerprint density at radius 2 is 0.875 bits per heavy atom. The van der Waals surface area contributed by atoms with Gasteiger partial charge in [-0.05, 0) is 53.9 Å². The first-order valence-electron chi connectivity index (χ1n) is 18.7. The summed E-state index contributed by atoms with van der Waals surface area (Å²) in [6.45, 7) is 0. The summed E-state index contributed by atoms with van der Waals surface area (Å²) >= 11 is 0. The molecule has 8 aromatic carbocycles. The lowest BCUT2D eigenvalue weighted by atomic mass is 10.0. The van der Waals surface area contributed by atoms with E-state index in [2.05, 4.69) is 137 Å². The Labute approximate surface area is 322 Å². The molecular formula is C50H32N6. The van der Waals surface area contributed by atoms with Crippen molar-refractivity contribution in [2.45, 2.75) is 0 Å². The van der Waals surface area contributed by atoms with Gasteiger partial charge >= 0.3 is 0 Å². The molecule has 3 heterocycles. The highest BCUT2D eigenvalue weighted by Gasteiger charge is 2.20. The Balaban J connectivity index is 1.13. The van der Waals surface area contributed by atoms with Crippen molar-refractivity contribution < 1.29 is 0 Å². The molecule has 0 amide bonds. The predicted molar refractivity (Wildman–Crippen MR) is 228 cm³/mol. The van der Waals surface area contributed by atoms with Gasteiger partial charge in [-0.25, -0.2) is 19.9 Å². The van der Waals surface area contributed by atoms with Gasteiger partial charge < -0.3 is 4.57 Å². The maximum atomic E-state index is 5.24. The van der Waals surface area contributed by atoms with Gasteiger partial charge in [-0.2, -0.15) is 0 Å². The molecule has 0 aliphatic heterocycles. The zero-order valence-corrected chi connectivity index (χ0v) is 30.2. The quantitative estimate of drug-likeness (QED) is 0.172. The summed E-state index contributed by atoms with van der Waals surface area (Å²) < 4.78 is 4.67. The van der Waals surface area contributed by atoms with Crippen LogP contribution in [0.2, 0.25) is 0 Å². The molecule has 6 nitrogen and oxygen atoms in total. The van der Waals surface area contributed by atoms with Gasteiger partial charge in [0.2, 0.25) is 0 Å². The summed E-state index contributed by atoms with van der Waals surface area (Å²) in [7, 11) is 0. The molecule has 11 aromatic rings. The maximum absolute atomic E-state index is 5.24. The van der Waals surface area contributed by atoms with Crippen LogP contribution in [0.3, 0.4) is 0 Å². The summed E-state index contributed by atoms with van der Waals surface area (Å²) in [5, 5.41) is 4.64. The molecule has 56 heavy (non-hydrogen) atoms. The molecule has 0 aliphatic rings. The van der Waals surface area contributed by atoms with Crippen LogP contribution in [0.5, 0.6) is 0 Å². The molecule has 0 fully saturated rings. The molecule has 0 radical (unpaired) electrons. The Morgan fingerprint density at radius 3 is 1.55 bits per heavy atom. The van der Waals surface area contributed by atoms with Crippen molar-refractivity contribution in [3.05, 3.63) is 194 Å². The van der Waals surface area contributed by atoms with Gasteiger partial charge in [0.05, 0.1) is 22.1 Å². The fourth-order valence-corrected chi connectivity index (χ4v) is 7.96. The van der Waals surface area contributed by atoms with Crippen molar-refractivity contribution in [2.24, 2.45) is 0 Å². The first-order valence-corrected chi connectivity index (χ1v) is 18.7. The third kappa shape index (κ3) is 5.27. The Bertz CT molecular complexity index is 3170. The normalized spacial score (nSPS) is 11.6. The first-order chi connectivity index (χ1) is 27.8. The molecule has 3 aromatic heterocycles. The largest absolute Gasteiger partial charge is 0.309 e. The van der Waals surface area contributed by atoms with Crippen LogP contribution in [-0.2, 0) is 0 Å². The third-order valence-electron chi connectivity index (χ3n) is 10.5.